The van der Waals surface area contributed by atoms with Crippen LogP contribution < -0.4 is 20.1 Å². The summed E-state index contributed by atoms with van der Waals surface area (Å²) < 4.78 is 10.7. The van der Waals surface area contributed by atoms with Crippen LogP contribution in [0.25, 0.3) is 0 Å². The number of rotatable bonds is 8. The predicted octanol–water partition coefficient (Wildman–Crippen LogP) is 3.02. The van der Waals surface area contributed by atoms with E-state index in [1.165, 1.54) is 25.8 Å². The minimum absolute atomic E-state index is 0.491. The van der Waals surface area contributed by atoms with Crippen molar-refractivity contribution in [1.29, 1.82) is 0 Å². The molecule has 152 valence electrons. The van der Waals surface area contributed by atoms with Gasteiger partial charge in [0, 0.05) is 25.2 Å². The Hall–Kier alpha value is -1.95. The topological polar surface area (TPSA) is 58.1 Å². The molecule has 27 heavy (non-hydrogen) atoms. The fourth-order valence-electron chi connectivity index (χ4n) is 3.63. The number of methoxy groups -OCH3 is 2. The van der Waals surface area contributed by atoms with Crippen molar-refractivity contribution in [3.63, 3.8) is 0 Å². The number of hydrogen-bond donors (Lipinski definition) is 2. The van der Waals surface area contributed by atoms with Gasteiger partial charge in [-0.05, 0) is 57.9 Å². The van der Waals surface area contributed by atoms with Crippen LogP contribution in [-0.2, 0) is 6.54 Å². The van der Waals surface area contributed by atoms with Gasteiger partial charge < -0.3 is 20.1 Å². The lowest BCUT2D eigenvalue weighted by molar-refractivity contribution is 0.115. The maximum atomic E-state index is 5.38. The highest BCUT2D eigenvalue weighted by Gasteiger charge is 2.22. The number of hydrogen-bond acceptors (Lipinski definition) is 4. The summed E-state index contributed by atoms with van der Waals surface area (Å²) in [6.07, 6.45) is 3.97. The predicted molar refractivity (Wildman–Crippen MR) is 112 cm³/mol. The van der Waals surface area contributed by atoms with Crippen molar-refractivity contribution in [1.82, 2.24) is 15.5 Å². The van der Waals surface area contributed by atoms with E-state index in [-0.39, 0.29) is 0 Å². The van der Waals surface area contributed by atoms with Crippen LogP contribution in [0.15, 0.2) is 23.2 Å². The summed E-state index contributed by atoms with van der Waals surface area (Å²) in [5.74, 6) is 2.32. The molecule has 6 nitrogen and oxygen atoms in total. The first kappa shape index (κ1) is 21.4. The second kappa shape index (κ2) is 11.0. The number of aliphatic imine (C=N–C) groups is 1. The molecule has 1 aromatic carbocycles. The molecule has 0 aromatic heterocycles. The lowest BCUT2D eigenvalue weighted by atomic mass is 10.0. The Labute approximate surface area is 164 Å². The minimum atomic E-state index is 0.491. The largest absolute Gasteiger partial charge is 0.493 e. The van der Waals surface area contributed by atoms with Gasteiger partial charge in [0.05, 0.1) is 20.8 Å². The molecule has 2 unspecified atom stereocenters. The van der Waals surface area contributed by atoms with Crippen LogP contribution in [0.4, 0.5) is 0 Å². The van der Waals surface area contributed by atoms with E-state index in [1.54, 1.807) is 14.2 Å². The molecular formula is C21H36N4O2. The maximum Gasteiger partial charge on any atom is 0.191 e. The fraction of sp³-hybridized carbons (Fsp3) is 0.667. The van der Waals surface area contributed by atoms with Crippen molar-refractivity contribution in [2.75, 3.05) is 33.9 Å². The number of benzene rings is 1. The standard InChI is InChI=1S/C21H36N4O2/c1-6-22-21(23-14-17(3)25-12-8-7-9-16(25)2)24-15-18-10-11-19(26-4)20(13-18)27-5/h10-11,13,16-17H,6-9,12,14-15H2,1-5H3,(H2,22,23,24). The van der Waals surface area contributed by atoms with Gasteiger partial charge in [-0.2, -0.15) is 0 Å². The van der Waals surface area contributed by atoms with Gasteiger partial charge in [-0.15, -0.1) is 0 Å². The number of nitrogens with one attached hydrogen (secondary N) is 2. The molecule has 2 N–H and O–H groups in total. The summed E-state index contributed by atoms with van der Waals surface area (Å²) >= 11 is 0. The molecule has 1 aromatic rings. The van der Waals surface area contributed by atoms with Crippen LogP contribution in [-0.4, -0.2) is 56.8 Å². The van der Waals surface area contributed by atoms with E-state index >= 15 is 0 Å². The van der Waals surface area contributed by atoms with Crippen molar-refractivity contribution in [2.24, 2.45) is 4.99 Å². The van der Waals surface area contributed by atoms with E-state index in [2.05, 4.69) is 36.3 Å². The molecule has 0 radical (unpaired) electrons. The highest BCUT2D eigenvalue weighted by atomic mass is 16.5. The molecule has 1 fully saturated rings. The van der Waals surface area contributed by atoms with Gasteiger partial charge in [0.1, 0.15) is 0 Å². The van der Waals surface area contributed by atoms with Gasteiger partial charge in [0.2, 0.25) is 0 Å². The normalized spacial score (nSPS) is 19.4. The first-order valence-corrected chi connectivity index (χ1v) is 10.1. The first-order chi connectivity index (χ1) is 13.1. The summed E-state index contributed by atoms with van der Waals surface area (Å²) in [7, 11) is 3.30. The van der Waals surface area contributed by atoms with Crippen LogP contribution in [0.5, 0.6) is 11.5 Å². The third-order valence-corrected chi connectivity index (χ3v) is 5.20. The third-order valence-electron chi connectivity index (χ3n) is 5.20. The second-order valence-corrected chi connectivity index (χ2v) is 7.20. The number of guanidine groups is 1. The van der Waals surface area contributed by atoms with Crippen molar-refractivity contribution < 1.29 is 9.47 Å². The van der Waals surface area contributed by atoms with Crippen LogP contribution in [0.3, 0.4) is 0 Å². The number of piperidine rings is 1. The third kappa shape index (κ3) is 6.31. The molecule has 1 aliphatic heterocycles. The fourth-order valence-corrected chi connectivity index (χ4v) is 3.63. The number of nitrogens with zero attached hydrogens (tertiary/aromatic N) is 2. The van der Waals surface area contributed by atoms with Crippen LogP contribution in [0.2, 0.25) is 0 Å². The van der Waals surface area contributed by atoms with Gasteiger partial charge in [0.25, 0.3) is 0 Å². The van der Waals surface area contributed by atoms with E-state index in [9.17, 15) is 0 Å². The highest BCUT2D eigenvalue weighted by Crippen LogP contribution is 2.27. The average Bonchev–Trinajstić information content (AvgIpc) is 2.69. The van der Waals surface area contributed by atoms with E-state index in [0.717, 1.165) is 36.1 Å². The summed E-state index contributed by atoms with van der Waals surface area (Å²) in [6, 6.07) is 7.08. The molecule has 6 heteroatoms. The Bertz CT molecular complexity index is 606. The van der Waals surface area contributed by atoms with Crippen molar-refractivity contribution >= 4 is 5.96 Å². The molecule has 0 bridgehead atoms. The smallest absolute Gasteiger partial charge is 0.191 e. The zero-order valence-electron chi connectivity index (χ0n) is 17.5. The van der Waals surface area contributed by atoms with E-state index in [4.69, 9.17) is 14.5 Å². The second-order valence-electron chi connectivity index (χ2n) is 7.20. The molecule has 0 amide bonds. The van der Waals surface area contributed by atoms with Crippen LogP contribution in [0.1, 0.15) is 45.6 Å². The first-order valence-electron chi connectivity index (χ1n) is 10.1. The Morgan fingerprint density at radius 3 is 2.67 bits per heavy atom. The SMILES string of the molecule is CCNC(=NCc1ccc(OC)c(OC)c1)NCC(C)N1CCCCC1C. The summed E-state index contributed by atoms with van der Waals surface area (Å²) in [6.45, 7) is 10.2. The molecule has 1 saturated heterocycles. The van der Waals surface area contributed by atoms with Crippen LogP contribution in [0, 0.1) is 0 Å². The zero-order chi connectivity index (χ0) is 19.6. The van der Waals surface area contributed by atoms with Gasteiger partial charge in [-0.25, -0.2) is 4.99 Å². The van der Waals surface area contributed by atoms with Gasteiger partial charge in [-0.1, -0.05) is 12.5 Å². The number of ether oxygens (including phenoxy) is 2. The lowest BCUT2D eigenvalue weighted by Crippen LogP contribution is -2.50. The monoisotopic (exact) mass is 376 g/mol. The minimum Gasteiger partial charge on any atom is -0.493 e. The summed E-state index contributed by atoms with van der Waals surface area (Å²) in [5, 5.41) is 6.84. The van der Waals surface area contributed by atoms with E-state index in [0.29, 0.717) is 18.6 Å². The van der Waals surface area contributed by atoms with Crippen molar-refractivity contribution in [3.8, 4) is 11.5 Å². The Morgan fingerprint density at radius 1 is 1.22 bits per heavy atom. The van der Waals surface area contributed by atoms with Gasteiger partial charge >= 0.3 is 0 Å². The molecule has 1 aliphatic rings. The number of likely N-dealkylation sites (tertiary alicyclic amines) is 1. The lowest BCUT2D eigenvalue weighted by Gasteiger charge is -2.38. The molecule has 0 spiro atoms. The molecule has 2 atom stereocenters. The van der Waals surface area contributed by atoms with Gasteiger partial charge in [-0.3, -0.25) is 4.90 Å². The molecule has 0 aliphatic carbocycles. The Balaban J connectivity index is 1.95. The molecule has 1 heterocycles. The van der Waals surface area contributed by atoms with E-state index in [1.807, 2.05) is 18.2 Å². The van der Waals surface area contributed by atoms with Crippen molar-refractivity contribution in [2.45, 2.75) is 58.7 Å². The molecule has 0 saturated carbocycles. The van der Waals surface area contributed by atoms with Crippen molar-refractivity contribution in [3.05, 3.63) is 23.8 Å². The Morgan fingerprint density at radius 2 is 2.00 bits per heavy atom. The molecule has 2 rings (SSSR count). The average molecular weight is 377 g/mol. The summed E-state index contributed by atoms with van der Waals surface area (Å²) in [5.41, 5.74) is 1.09. The quantitative estimate of drug-likeness (QED) is 0.539. The van der Waals surface area contributed by atoms with Gasteiger partial charge in [0.15, 0.2) is 17.5 Å². The van der Waals surface area contributed by atoms with Crippen LogP contribution >= 0.6 is 0 Å². The maximum absolute atomic E-state index is 5.38. The summed E-state index contributed by atoms with van der Waals surface area (Å²) in [4.78, 5) is 7.34. The molecular weight excluding hydrogens is 340 g/mol. The zero-order valence-corrected chi connectivity index (χ0v) is 17.5. The Kier molecular flexibility index (Phi) is 8.72. The highest BCUT2D eigenvalue weighted by molar-refractivity contribution is 5.79. The van der Waals surface area contributed by atoms with E-state index < -0.39 is 0 Å².